The van der Waals surface area contributed by atoms with Gasteiger partial charge in [0, 0.05) is 11.5 Å². The highest BCUT2D eigenvalue weighted by molar-refractivity contribution is 8.01. The molecule has 4 aromatic rings. The number of hydrogen-bond donors (Lipinski definition) is 5. The number of thioether (sulfide) groups is 2. The van der Waals surface area contributed by atoms with Gasteiger partial charge in [0.2, 0.25) is 11.1 Å². The van der Waals surface area contributed by atoms with E-state index in [1.165, 1.54) is 28.4 Å². The van der Waals surface area contributed by atoms with Gasteiger partial charge in [-0.3, -0.25) is 19.3 Å². The summed E-state index contributed by atoms with van der Waals surface area (Å²) in [4.78, 5) is 60.4. The summed E-state index contributed by atoms with van der Waals surface area (Å²) in [5.41, 5.74) is 2.21. The van der Waals surface area contributed by atoms with Crippen LogP contribution in [0.4, 0.5) is 0 Å². The summed E-state index contributed by atoms with van der Waals surface area (Å²) < 4.78 is 0. The minimum Gasteiger partial charge on any atom is -0.477 e. The van der Waals surface area contributed by atoms with E-state index in [2.05, 4.69) is 41.2 Å². The highest BCUT2D eigenvalue weighted by atomic mass is 32.2. The number of amides is 3. The van der Waals surface area contributed by atoms with Gasteiger partial charge in [-0.15, -0.1) is 16.9 Å². The monoisotopic (exact) mass is 591 g/mol. The number of fused-ring (bicyclic) bond motifs is 2. The quantitative estimate of drug-likeness (QED) is 0.138. The molecule has 3 amide bonds. The second-order valence-electron chi connectivity index (χ2n) is 9.07. The first-order chi connectivity index (χ1) is 19.9. The minimum absolute atomic E-state index is 0.0383. The van der Waals surface area contributed by atoms with E-state index in [9.17, 15) is 24.3 Å². The Kier molecular flexibility index (Phi) is 7.15. The molecule has 0 saturated carbocycles. The minimum atomic E-state index is -1.24. The molecule has 14 nitrogen and oxygen atoms in total. The Labute approximate surface area is 239 Å². The number of carbonyl (C=O) groups excluding carboxylic acids is 3. The number of carboxylic acids is 1. The number of nitrogens with one attached hydrogen (secondary N) is 4. The Hall–Kier alpha value is -4.70. The maximum atomic E-state index is 13.5. The van der Waals surface area contributed by atoms with Gasteiger partial charge in [-0.05, 0) is 33.7 Å². The summed E-state index contributed by atoms with van der Waals surface area (Å²) in [5, 5.41) is 28.5. The topological polar surface area (TPSA) is 199 Å². The molecule has 4 heterocycles. The van der Waals surface area contributed by atoms with E-state index in [1.54, 1.807) is 48.5 Å². The average Bonchev–Trinajstić information content (AvgIpc) is 3.67. The molecule has 208 valence electrons. The van der Waals surface area contributed by atoms with Crippen LogP contribution in [0.3, 0.4) is 0 Å². The number of imidazole rings is 1. The van der Waals surface area contributed by atoms with Crippen molar-refractivity contribution in [2.24, 2.45) is 0 Å². The van der Waals surface area contributed by atoms with Crippen molar-refractivity contribution in [2.75, 3.05) is 11.5 Å². The number of benzene rings is 2. The van der Waals surface area contributed by atoms with Crippen LogP contribution < -0.4 is 10.6 Å². The van der Waals surface area contributed by atoms with Gasteiger partial charge < -0.3 is 20.7 Å². The van der Waals surface area contributed by atoms with Crippen LogP contribution in [0.2, 0.25) is 0 Å². The number of carbonyl (C=O) groups is 4. The van der Waals surface area contributed by atoms with Crippen molar-refractivity contribution >= 4 is 58.2 Å². The molecule has 2 aromatic carbocycles. The van der Waals surface area contributed by atoms with Gasteiger partial charge in [0.25, 0.3) is 11.8 Å². The van der Waals surface area contributed by atoms with Crippen LogP contribution in [0.1, 0.15) is 22.2 Å². The zero-order valence-electron chi connectivity index (χ0n) is 21.0. The molecule has 2 aliphatic heterocycles. The van der Waals surface area contributed by atoms with Crippen LogP contribution >= 0.6 is 23.5 Å². The number of β-lactam (4-membered cyclic amide) rings is 1. The van der Waals surface area contributed by atoms with Gasteiger partial charge in [0.15, 0.2) is 5.82 Å². The number of carboxylic acid groups (broad SMARTS) is 1. The molecular weight excluding hydrogens is 570 g/mol. The fraction of sp³-hybridized carbons (Fsp3) is 0.200. The number of H-pyrrole nitrogens is 2. The van der Waals surface area contributed by atoms with Gasteiger partial charge >= 0.3 is 5.97 Å². The van der Waals surface area contributed by atoms with Crippen molar-refractivity contribution in [3.63, 3.8) is 0 Å². The maximum Gasteiger partial charge on any atom is 0.352 e. The zero-order chi connectivity index (χ0) is 28.5. The van der Waals surface area contributed by atoms with E-state index in [0.717, 1.165) is 0 Å². The Morgan fingerprint density at radius 1 is 1.15 bits per heavy atom. The fourth-order valence-corrected chi connectivity index (χ4v) is 6.83. The molecule has 0 spiro atoms. The second kappa shape index (κ2) is 11.1. The standard InChI is InChI=1S/C25H21N9O5S2/c35-20(16(12-6-2-1-3-7-12)28-21(36)19-26-14-8-4-5-9-15(14)27-19)29-17-22(37)34-18(24(38)39)13(10-40-23(17)34)11-41-25-30-32-33-31-25/h1-9,16-17,23H,10-11H2,(H,26,27)(H,28,36)(H,29,35)(H,38,39)(H,30,31,32,33)/t16?,17?,23-/m0/s1. The number of aromatic nitrogens is 6. The summed E-state index contributed by atoms with van der Waals surface area (Å²) in [6, 6.07) is 13.7. The number of nitrogens with zero attached hydrogens (tertiary/aromatic N) is 5. The van der Waals surface area contributed by atoms with Crippen molar-refractivity contribution in [1.29, 1.82) is 0 Å². The lowest BCUT2D eigenvalue weighted by molar-refractivity contribution is -0.151. The van der Waals surface area contributed by atoms with E-state index in [1.807, 2.05) is 6.07 Å². The Bertz CT molecular complexity index is 1640. The highest BCUT2D eigenvalue weighted by Crippen LogP contribution is 2.41. The molecule has 3 atom stereocenters. The normalized spacial score (nSPS) is 18.9. The predicted molar refractivity (Wildman–Crippen MR) is 147 cm³/mol. The van der Waals surface area contributed by atoms with Crippen LogP contribution in [0.25, 0.3) is 11.0 Å². The van der Waals surface area contributed by atoms with Crippen LogP contribution in [0.5, 0.6) is 0 Å². The van der Waals surface area contributed by atoms with E-state index in [-0.39, 0.29) is 17.3 Å². The molecule has 2 aromatic heterocycles. The van der Waals surface area contributed by atoms with Crippen molar-refractivity contribution in [3.05, 3.63) is 77.3 Å². The Balaban J connectivity index is 1.19. The van der Waals surface area contributed by atoms with Crippen molar-refractivity contribution < 1.29 is 24.3 Å². The van der Waals surface area contributed by atoms with Gasteiger partial charge in [0.1, 0.15) is 23.2 Å². The first-order valence-corrected chi connectivity index (χ1v) is 14.3. The van der Waals surface area contributed by atoms with Gasteiger partial charge in [-0.25, -0.2) is 14.9 Å². The molecule has 0 aliphatic carbocycles. The summed E-state index contributed by atoms with van der Waals surface area (Å²) in [7, 11) is 0. The molecule has 41 heavy (non-hydrogen) atoms. The number of aromatic amines is 2. The van der Waals surface area contributed by atoms with Crippen LogP contribution in [0, 0.1) is 0 Å². The smallest absolute Gasteiger partial charge is 0.352 e. The number of aliphatic carboxylic acids is 1. The molecular formula is C25H21N9O5S2. The molecule has 1 saturated heterocycles. The van der Waals surface area contributed by atoms with Gasteiger partial charge in [0.05, 0.1) is 11.0 Å². The van der Waals surface area contributed by atoms with Crippen molar-refractivity contribution in [2.45, 2.75) is 22.6 Å². The summed E-state index contributed by atoms with van der Waals surface area (Å²) in [5.74, 6) is -2.35. The van der Waals surface area contributed by atoms with Gasteiger partial charge in [-0.1, -0.05) is 54.2 Å². The number of hydrogen-bond acceptors (Lipinski definition) is 10. The average molecular weight is 592 g/mol. The van der Waals surface area contributed by atoms with E-state index in [4.69, 9.17) is 0 Å². The lowest BCUT2D eigenvalue weighted by atomic mass is 10.0. The maximum absolute atomic E-state index is 13.5. The predicted octanol–water partition coefficient (Wildman–Crippen LogP) is 1.08. The van der Waals surface area contributed by atoms with E-state index < -0.39 is 41.1 Å². The largest absolute Gasteiger partial charge is 0.477 e. The van der Waals surface area contributed by atoms with Crippen LogP contribution in [-0.4, -0.2) is 87.2 Å². The molecule has 6 rings (SSSR count). The first-order valence-electron chi connectivity index (χ1n) is 12.3. The van der Waals surface area contributed by atoms with Crippen LogP contribution in [-0.2, 0) is 14.4 Å². The highest BCUT2D eigenvalue weighted by Gasteiger charge is 2.54. The molecule has 2 unspecified atom stereocenters. The summed E-state index contributed by atoms with van der Waals surface area (Å²) in [6.07, 6.45) is 0. The SMILES string of the molecule is O=C(O)C1=C(CSc2nnn[nH]2)CS[C@H]2C(NC(=O)C(NC(=O)c3nc4ccccc4[nH]3)c3ccccc3)C(=O)N12. The molecule has 5 N–H and O–H groups in total. The van der Waals surface area contributed by atoms with Crippen LogP contribution in [0.15, 0.2) is 71.0 Å². The van der Waals surface area contributed by atoms with Crippen molar-refractivity contribution in [3.8, 4) is 0 Å². The van der Waals surface area contributed by atoms with E-state index >= 15 is 0 Å². The fourth-order valence-electron chi connectivity index (χ4n) is 4.60. The summed E-state index contributed by atoms with van der Waals surface area (Å²) >= 11 is 2.57. The number of tetrazole rings is 1. The molecule has 0 bridgehead atoms. The first kappa shape index (κ1) is 26.5. The van der Waals surface area contributed by atoms with Crippen molar-refractivity contribution in [1.82, 2.24) is 46.1 Å². The number of para-hydroxylation sites is 2. The Morgan fingerprint density at radius 2 is 1.93 bits per heavy atom. The lowest BCUT2D eigenvalue weighted by Gasteiger charge is -2.49. The lowest BCUT2D eigenvalue weighted by Crippen LogP contribution is -2.71. The third-order valence-corrected chi connectivity index (χ3v) is 8.81. The molecule has 0 radical (unpaired) electrons. The Morgan fingerprint density at radius 3 is 2.66 bits per heavy atom. The second-order valence-corrected chi connectivity index (χ2v) is 11.1. The molecule has 16 heteroatoms. The molecule has 1 fully saturated rings. The third-order valence-electron chi connectivity index (χ3n) is 6.53. The molecule has 2 aliphatic rings. The van der Waals surface area contributed by atoms with Gasteiger partial charge in [-0.2, -0.15) is 0 Å². The zero-order valence-corrected chi connectivity index (χ0v) is 22.6. The number of rotatable bonds is 9. The van der Waals surface area contributed by atoms with E-state index in [0.29, 0.717) is 33.1 Å². The summed E-state index contributed by atoms with van der Waals surface area (Å²) in [6.45, 7) is 0. The third kappa shape index (κ3) is 5.14.